The van der Waals surface area contributed by atoms with Gasteiger partial charge in [0.1, 0.15) is 0 Å². The molecule has 2 aliphatic rings. The van der Waals surface area contributed by atoms with Gasteiger partial charge < -0.3 is 29.6 Å². The summed E-state index contributed by atoms with van der Waals surface area (Å²) >= 11 is 5.86. The summed E-state index contributed by atoms with van der Waals surface area (Å²) in [6, 6.07) is 21.7. The number of hydrogen-bond acceptors (Lipinski definition) is 5. The number of ether oxygens (including phenoxy) is 2. The van der Waals surface area contributed by atoms with Gasteiger partial charge in [-0.2, -0.15) is 0 Å². The van der Waals surface area contributed by atoms with Crippen LogP contribution in [0.1, 0.15) is 53.6 Å². The topological polar surface area (TPSA) is 80.7 Å². The van der Waals surface area contributed by atoms with E-state index in [0.29, 0.717) is 18.1 Å². The molecule has 1 amide bonds. The first-order valence-electron chi connectivity index (χ1n) is 13.9. The molecule has 9 heteroatoms. The number of amides is 1. The molecule has 2 N–H and O–H groups in total. The zero-order valence-electron chi connectivity index (χ0n) is 23.4. The van der Waals surface area contributed by atoms with Gasteiger partial charge in [-0.3, -0.25) is 9.78 Å². The molecule has 1 fully saturated rings. The van der Waals surface area contributed by atoms with Gasteiger partial charge in [-0.15, -0.1) is 0 Å². The summed E-state index contributed by atoms with van der Waals surface area (Å²) in [6.07, 6.45) is 2.95. The fourth-order valence-electron chi connectivity index (χ4n) is 5.88. The lowest BCUT2D eigenvalue weighted by molar-refractivity contribution is -0.116. The Kier molecular flexibility index (Phi) is 7.36. The molecule has 2 aromatic heterocycles. The molecule has 4 heterocycles. The normalized spacial score (nSPS) is 17.5. The van der Waals surface area contributed by atoms with Crippen LogP contribution < -0.4 is 20.1 Å². The molecule has 6 rings (SSSR count). The molecule has 2 aromatic carbocycles. The fourth-order valence-corrected chi connectivity index (χ4v) is 6.21. The average molecular weight is 568 g/mol. The number of fused-ring (bicyclic) bond motifs is 1. The van der Waals surface area contributed by atoms with E-state index in [9.17, 15) is 4.79 Å². The zero-order chi connectivity index (χ0) is 28.5. The number of nitrogens with one attached hydrogen (secondary N) is 2. The third-order valence-corrected chi connectivity index (χ3v) is 8.21. The van der Waals surface area contributed by atoms with Crippen LogP contribution >= 0.6 is 12.2 Å². The van der Waals surface area contributed by atoms with Gasteiger partial charge >= 0.3 is 0 Å². The predicted molar refractivity (Wildman–Crippen MR) is 163 cm³/mol. The van der Waals surface area contributed by atoms with Gasteiger partial charge in [-0.1, -0.05) is 31.2 Å². The van der Waals surface area contributed by atoms with Crippen LogP contribution in [0, 0.1) is 13.8 Å². The Morgan fingerprint density at radius 3 is 2.68 bits per heavy atom. The van der Waals surface area contributed by atoms with Crippen molar-refractivity contribution in [1.29, 1.82) is 0 Å². The van der Waals surface area contributed by atoms with Gasteiger partial charge in [0.05, 0.1) is 17.8 Å². The minimum absolute atomic E-state index is 0.0421. The molecule has 2 atom stereocenters. The van der Waals surface area contributed by atoms with E-state index in [1.807, 2.05) is 60.7 Å². The standard InChI is InChI=1S/C32H33N5O3S/c1-4-22-9-5-6-10-25(22)34-29(38)14-16-36-31(30(35-32(36)41)26-11-7-8-15-33-26)24-17-20(2)37(21(24)3)23-12-13-27-28(18-23)40-19-39-27/h5-13,15,17-18,30-31H,4,14,16,19H2,1-3H3,(H,34,38)(H,35,41)/t30-,31+/m0/s1. The molecular formula is C32H33N5O3S. The van der Waals surface area contributed by atoms with Crippen LogP contribution in [0.25, 0.3) is 5.69 Å². The number of benzene rings is 2. The van der Waals surface area contributed by atoms with Crippen molar-refractivity contribution in [2.24, 2.45) is 0 Å². The van der Waals surface area contributed by atoms with E-state index in [-0.39, 0.29) is 24.8 Å². The van der Waals surface area contributed by atoms with Gasteiger partial charge in [-0.05, 0) is 80.0 Å². The van der Waals surface area contributed by atoms with E-state index in [4.69, 9.17) is 21.7 Å². The Morgan fingerprint density at radius 2 is 1.88 bits per heavy atom. The number of para-hydroxylation sites is 1. The summed E-state index contributed by atoms with van der Waals surface area (Å²) in [7, 11) is 0. The highest BCUT2D eigenvalue weighted by Gasteiger charge is 2.41. The lowest BCUT2D eigenvalue weighted by Crippen LogP contribution is -2.33. The molecule has 1 saturated heterocycles. The Balaban J connectivity index is 1.32. The molecule has 0 unspecified atom stereocenters. The maximum Gasteiger partial charge on any atom is 0.231 e. The number of pyridine rings is 1. The van der Waals surface area contributed by atoms with Crippen LogP contribution in [0.3, 0.4) is 0 Å². The summed E-state index contributed by atoms with van der Waals surface area (Å²) in [5.74, 6) is 1.45. The van der Waals surface area contributed by atoms with Crippen molar-refractivity contribution < 1.29 is 14.3 Å². The number of aryl methyl sites for hydroxylation is 2. The molecule has 41 heavy (non-hydrogen) atoms. The van der Waals surface area contributed by atoms with Gasteiger partial charge in [0.2, 0.25) is 12.7 Å². The predicted octanol–water partition coefficient (Wildman–Crippen LogP) is 5.78. The highest BCUT2D eigenvalue weighted by molar-refractivity contribution is 7.80. The summed E-state index contributed by atoms with van der Waals surface area (Å²) in [5, 5.41) is 7.22. The summed E-state index contributed by atoms with van der Waals surface area (Å²) in [6.45, 7) is 7.00. The molecule has 2 aliphatic heterocycles. The monoisotopic (exact) mass is 567 g/mol. The highest BCUT2D eigenvalue weighted by atomic mass is 32.1. The summed E-state index contributed by atoms with van der Waals surface area (Å²) in [5.41, 5.74) is 7.17. The van der Waals surface area contributed by atoms with Crippen molar-refractivity contribution in [1.82, 2.24) is 19.8 Å². The Labute approximate surface area is 245 Å². The lowest BCUT2D eigenvalue weighted by Gasteiger charge is -2.28. The first kappa shape index (κ1) is 26.8. The highest BCUT2D eigenvalue weighted by Crippen LogP contribution is 2.42. The number of carbonyl (C=O) groups is 1. The SMILES string of the molecule is CCc1ccccc1NC(=O)CCN1C(=S)N[C@@H](c2ccccn2)[C@H]1c1cc(C)n(-c2ccc3c(c2)OCO3)c1C. The summed E-state index contributed by atoms with van der Waals surface area (Å²) in [4.78, 5) is 19.9. The van der Waals surface area contributed by atoms with Crippen molar-refractivity contribution >= 4 is 28.9 Å². The smallest absolute Gasteiger partial charge is 0.231 e. The van der Waals surface area contributed by atoms with Crippen molar-refractivity contribution in [3.8, 4) is 17.2 Å². The molecule has 8 nitrogen and oxygen atoms in total. The molecule has 0 spiro atoms. The summed E-state index contributed by atoms with van der Waals surface area (Å²) < 4.78 is 13.4. The van der Waals surface area contributed by atoms with Crippen molar-refractivity contribution in [3.63, 3.8) is 0 Å². The second-order valence-electron chi connectivity index (χ2n) is 10.3. The van der Waals surface area contributed by atoms with Crippen LogP contribution in [0.4, 0.5) is 5.69 Å². The van der Waals surface area contributed by atoms with E-state index in [1.54, 1.807) is 6.20 Å². The van der Waals surface area contributed by atoms with Crippen LogP contribution in [-0.2, 0) is 11.2 Å². The maximum atomic E-state index is 13.1. The number of nitrogens with zero attached hydrogens (tertiary/aromatic N) is 3. The van der Waals surface area contributed by atoms with Crippen LogP contribution in [0.5, 0.6) is 11.5 Å². The third kappa shape index (κ3) is 5.13. The van der Waals surface area contributed by atoms with E-state index in [2.05, 4.69) is 51.9 Å². The molecule has 0 saturated carbocycles. The number of anilines is 1. The average Bonchev–Trinajstić information content (AvgIpc) is 3.67. The lowest BCUT2D eigenvalue weighted by atomic mass is 9.96. The Bertz CT molecular complexity index is 1600. The first-order chi connectivity index (χ1) is 19.9. The maximum absolute atomic E-state index is 13.1. The van der Waals surface area contributed by atoms with Gasteiger partial charge in [0.15, 0.2) is 16.6 Å². The molecule has 0 aliphatic carbocycles. The third-order valence-electron chi connectivity index (χ3n) is 7.85. The molecule has 0 bridgehead atoms. The number of hydrogen-bond donors (Lipinski definition) is 2. The number of carbonyl (C=O) groups excluding carboxylic acids is 1. The van der Waals surface area contributed by atoms with Gasteiger partial charge in [0, 0.05) is 48.0 Å². The van der Waals surface area contributed by atoms with Crippen molar-refractivity contribution in [2.45, 2.75) is 45.7 Å². The van der Waals surface area contributed by atoms with E-state index < -0.39 is 0 Å². The van der Waals surface area contributed by atoms with Crippen LogP contribution in [0.2, 0.25) is 0 Å². The van der Waals surface area contributed by atoms with Crippen molar-refractivity contribution in [2.75, 3.05) is 18.7 Å². The number of rotatable bonds is 8. The minimum Gasteiger partial charge on any atom is -0.454 e. The molecule has 210 valence electrons. The van der Waals surface area contributed by atoms with E-state index in [1.165, 1.54) is 0 Å². The Hall–Kier alpha value is -4.37. The fraction of sp³-hybridized carbons (Fsp3) is 0.281. The Morgan fingerprint density at radius 1 is 1.07 bits per heavy atom. The molecule has 4 aromatic rings. The first-order valence-corrected chi connectivity index (χ1v) is 14.3. The number of aromatic nitrogens is 2. The van der Waals surface area contributed by atoms with Gasteiger partial charge in [-0.25, -0.2) is 0 Å². The quantitative estimate of drug-likeness (QED) is 0.261. The minimum atomic E-state index is -0.168. The van der Waals surface area contributed by atoms with E-state index in [0.717, 1.165) is 57.5 Å². The van der Waals surface area contributed by atoms with Crippen LogP contribution in [-0.4, -0.2) is 38.8 Å². The second kappa shape index (κ2) is 11.2. The zero-order valence-corrected chi connectivity index (χ0v) is 24.2. The van der Waals surface area contributed by atoms with Crippen LogP contribution in [0.15, 0.2) is 72.9 Å². The largest absolute Gasteiger partial charge is 0.454 e. The molecule has 0 radical (unpaired) electrons. The van der Waals surface area contributed by atoms with Gasteiger partial charge in [0.25, 0.3) is 0 Å². The molecular weight excluding hydrogens is 534 g/mol. The van der Waals surface area contributed by atoms with E-state index >= 15 is 0 Å². The van der Waals surface area contributed by atoms with Crippen molar-refractivity contribution in [3.05, 3.63) is 101 Å². The number of thiocarbonyl (C=S) groups is 1. The second-order valence-corrected chi connectivity index (χ2v) is 10.7.